The smallest absolute Gasteiger partial charge is 0.170 e. The summed E-state index contributed by atoms with van der Waals surface area (Å²) in [6, 6.07) is 0. The van der Waals surface area contributed by atoms with Gasteiger partial charge < -0.3 is 0 Å². The van der Waals surface area contributed by atoms with E-state index < -0.39 is 0 Å². The Bertz CT molecular complexity index is 258. The van der Waals surface area contributed by atoms with Crippen LogP contribution < -0.4 is 0 Å². The van der Waals surface area contributed by atoms with Crippen molar-refractivity contribution < 1.29 is 4.79 Å². The molecular weight excluding hydrogens is 114 g/mol. The Labute approximate surface area is 52.6 Å². The third kappa shape index (κ3) is 0.499. The highest BCUT2D eigenvalue weighted by Gasteiger charge is 2.19. The Morgan fingerprint density at radius 3 is 2.89 bits per heavy atom. The molecule has 2 aliphatic rings. The first-order valence-corrected chi connectivity index (χ1v) is 2.86. The number of aliphatic imine (C=N–C) groups is 1. The highest BCUT2D eigenvalue weighted by Crippen LogP contribution is 2.21. The molecule has 0 aromatic heterocycles. The van der Waals surface area contributed by atoms with Crippen molar-refractivity contribution in [3.05, 3.63) is 23.4 Å². The van der Waals surface area contributed by atoms with E-state index in [9.17, 15) is 4.79 Å². The molecule has 2 nitrogen and oxygen atoms in total. The Hall–Kier alpha value is -1.18. The summed E-state index contributed by atoms with van der Waals surface area (Å²) in [4.78, 5) is 14.7. The van der Waals surface area contributed by atoms with Gasteiger partial charge in [0.2, 0.25) is 0 Å². The average molecular weight is 119 g/mol. The van der Waals surface area contributed by atoms with Crippen LogP contribution in [0.25, 0.3) is 0 Å². The molecule has 0 fully saturated rings. The summed E-state index contributed by atoms with van der Waals surface area (Å²) in [5, 5.41) is 0. The molecule has 1 aliphatic carbocycles. The lowest BCUT2D eigenvalue weighted by Gasteiger charge is -2.13. The molecule has 2 heteroatoms. The van der Waals surface area contributed by atoms with Gasteiger partial charge >= 0.3 is 0 Å². The lowest BCUT2D eigenvalue weighted by atomic mass is 9.99. The zero-order valence-corrected chi connectivity index (χ0v) is 4.79. The summed E-state index contributed by atoms with van der Waals surface area (Å²) in [6.07, 6.45) is 5.90. The van der Waals surface area contributed by atoms with Gasteiger partial charge in [-0.05, 0) is 6.08 Å². The average Bonchev–Trinajstić information content (AvgIpc) is 1.74. The minimum Gasteiger partial charge on any atom is -0.294 e. The summed E-state index contributed by atoms with van der Waals surface area (Å²) in [7, 11) is 0. The van der Waals surface area contributed by atoms with E-state index in [0.717, 1.165) is 11.3 Å². The van der Waals surface area contributed by atoms with Crippen LogP contribution in [-0.2, 0) is 4.79 Å². The van der Waals surface area contributed by atoms with E-state index >= 15 is 0 Å². The predicted molar refractivity (Wildman–Crippen MR) is 34.3 cm³/mol. The molecule has 0 aromatic carbocycles. The number of carbonyl (C=O) groups is 1. The van der Waals surface area contributed by atoms with Crippen LogP contribution >= 0.6 is 0 Å². The quantitative estimate of drug-likeness (QED) is 0.465. The van der Waals surface area contributed by atoms with Crippen LogP contribution in [-0.4, -0.2) is 12.0 Å². The molecule has 0 unspecified atom stereocenters. The highest BCUT2D eigenvalue weighted by molar-refractivity contribution is 6.18. The first-order chi connectivity index (χ1) is 4.38. The normalized spacial score (nSPS) is 22.0. The second-order valence-electron chi connectivity index (χ2n) is 2.09. The molecule has 0 spiro atoms. The number of nitrogens with zero attached hydrogens (tertiary/aromatic N) is 1. The van der Waals surface area contributed by atoms with E-state index in [2.05, 4.69) is 4.99 Å². The highest BCUT2D eigenvalue weighted by atomic mass is 16.1. The van der Waals surface area contributed by atoms with E-state index in [1.807, 2.05) is 12.2 Å². The molecule has 44 valence electrons. The molecule has 0 bridgehead atoms. The zero-order chi connectivity index (χ0) is 6.27. The Kier molecular flexibility index (Phi) is 0.730. The van der Waals surface area contributed by atoms with Gasteiger partial charge in [0.15, 0.2) is 5.78 Å². The first-order valence-electron chi connectivity index (χ1n) is 2.86. The van der Waals surface area contributed by atoms with Gasteiger partial charge in [-0.2, -0.15) is 0 Å². The molecule has 1 aliphatic heterocycles. The fraction of sp³-hybridized carbons (Fsp3) is 0.143. The van der Waals surface area contributed by atoms with Crippen molar-refractivity contribution in [3.8, 4) is 0 Å². The van der Waals surface area contributed by atoms with Crippen molar-refractivity contribution in [2.75, 3.05) is 0 Å². The van der Waals surface area contributed by atoms with E-state index in [1.165, 1.54) is 0 Å². The summed E-state index contributed by atoms with van der Waals surface area (Å²) < 4.78 is 0. The van der Waals surface area contributed by atoms with E-state index in [-0.39, 0.29) is 5.78 Å². The van der Waals surface area contributed by atoms with Gasteiger partial charge in [0.25, 0.3) is 0 Å². The Morgan fingerprint density at radius 2 is 2.44 bits per heavy atom. The molecule has 0 saturated carbocycles. The minimum absolute atomic E-state index is 0.197. The second kappa shape index (κ2) is 1.41. The van der Waals surface area contributed by atoms with Crippen LogP contribution in [0.2, 0.25) is 0 Å². The molecule has 0 amide bonds. The van der Waals surface area contributed by atoms with Crippen molar-refractivity contribution in [3.63, 3.8) is 0 Å². The molecule has 0 saturated heterocycles. The fourth-order valence-corrected chi connectivity index (χ4v) is 0.939. The number of carbonyl (C=O) groups excluding carboxylic acids is 1. The van der Waals surface area contributed by atoms with E-state index in [4.69, 9.17) is 0 Å². The maximum Gasteiger partial charge on any atom is 0.170 e. The topological polar surface area (TPSA) is 29.4 Å². The molecule has 2 rings (SSSR count). The largest absolute Gasteiger partial charge is 0.294 e. The van der Waals surface area contributed by atoms with E-state index in [1.54, 1.807) is 6.21 Å². The number of allylic oxidation sites excluding steroid dienone is 3. The lowest BCUT2D eigenvalue weighted by molar-refractivity contribution is -0.114. The molecular formula is C7H5NO. The molecule has 0 radical (unpaired) electrons. The minimum atomic E-state index is 0.197. The third-order valence-corrected chi connectivity index (χ3v) is 1.49. The van der Waals surface area contributed by atoms with Gasteiger partial charge in [0, 0.05) is 12.6 Å². The van der Waals surface area contributed by atoms with E-state index in [0.29, 0.717) is 6.42 Å². The predicted octanol–water partition coefficient (Wildman–Crippen LogP) is 0.854. The van der Waals surface area contributed by atoms with Gasteiger partial charge in [-0.1, -0.05) is 6.08 Å². The van der Waals surface area contributed by atoms with Crippen LogP contribution in [0.1, 0.15) is 6.42 Å². The number of hydrogen-bond donors (Lipinski definition) is 0. The summed E-state index contributed by atoms with van der Waals surface area (Å²) >= 11 is 0. The van der Waals surface area contributed by atoms with Crippen molar-refractivity contribution in [2.45, 2.75) is 6.42 Å². The van der Waals surface area contributed by atoms with Crippen LogP contribution in [0.3, 0.4) is 0 Å². The van der Waals surface area contributed by atoms with Gasteiger partial charge in [-0.15, -0.1) is 0 Å². The SMILES string of the molecule is O=C1CC=CC2=C1C=N2. The Morgan fingerprint density at radius 1 is 1.56 bits per heavy atom. The number of rotatable bonds is 0. The van der Waals surface area contributed by atoms with Crippen LogP contribution in [0.5, 0.6) is 0 Å². The molecule has 0 atom stereocenters. The van der Waals surface area contributed by atoms with Gasteiger partial charge in [-0.3, -0.25) is 9.79 Å². The van der Waals surface area contributed by atoms with Crippen LogP contribution in [0.4, 0.5) is 0 Å². The van der Waals surface area contributed by atoms with Crippen molar-refractivity contribution in [1.82, 2.24) is 0 Å². The summed E-state index contributed by atoms with van der Waals surface area (Å²) in [6.45, 7) is 0. The fourth-order valence-electron chi connectivity index (χ4n) is 0.939. The lowest BCUT2D eigenvalue weighted by Crippen LogP contribution is -2.13. The Balaban J connectivity index is 2.43. The van der Waals surface area contributed by atoms with Crippen molar-refractivity contribution in [1.29, 1.82) is 0 Å². The monoisotopic (exact) mass is 119 g/mol. The van der Waals surface area contributed by atoms with Crippen LogP contribution in [0.15, 0.2) is 28.4 Å². The van der Waals surface area contributed by atoms with Gasteiger partial charge in [0.1, 0.15) is 0 Å². The van der Waals surface area contributed by atoms with Crippen LogP contribution in [0, 0.1) is 0 Å². The number of Topliss-reactive ketones (excluding diaryl/α,β-unsaturated/α-hetero) is 1. The first kappa shape index (κ1) is 4.68. The molecule has 9 heavy (non-hydrogen) atoms. The zero-order valence-electron chi connectivity index (χ0n) is 4.79. The molecule has 0 aromatic rings. The van der Waals surface area contributed by atoms with Gasteiger partial charge in [0.05, 0.1) is 11.3 Å². The van der Waals surface area contributed by atoms with Crippen molar-refractivity contribution in [2.24, 2.45) is 4.99 Å². The standard InChI is InChI=1S/C7H5NO/c9-7-3-1-2-6-5(7)4-8-6/h1-2,4H,3H2. The summed E-state index contributed by atoms with van der Waals surface area (Å²) in [5.41, 5.74) is 1.66. The molecule has 1 heterocycles. The van der Waals surface area contributed by atoms with Gasteiger partial charge in [-0.25, -0.2) is 0 Å². The maximum atomic E-state index is 10.9. The maximum absolute atomic E-state index is 10.9. The number of ketones is 1. The van der Waals surface area contributed by atoms with Crippen molar-refractivity contribution >= 4 is 12.0 Å². The molecule has 0 N–H and O–H groups in total. The third-order valence-electron chi connectivity index (χ3n) is 1.49. The number of hydrogen-bond acceptors (Lipinski definition) is 2. The second-order valence-corrected chi connectivity index (χ2v) is 2.09. The summed E-state index contributed by atoms with van der Waals surface area (Å²) in [5.74, 6) is 0.197.